The molecule has 3 atom stereocenters. The maximum atomic E-state index is 4.16. The van der Waals surface area contributed by atoms with Crippen molar-refractivity contribution in [3.63, 3.8) is 0 Å². The molecular weight excluding hydrogens is 402 g/mol. The highest BCUT2D eigenvalue weighted by molar-refractivity contribution is 5.56. The number of hydrogen-bond acceptors (Lipinski definition) is 3. The lowest BCUT2D eigenvalue weighted by molar-refractivity contribution is 0.344. The third-order valence-corrected chi connectivity index (χ3v) is 7.96. The quantitative estimate of drug-likeness (QED) is 0.559. The molecule has 6 rings (SSSR count). The summed E-state index contributed by atoms with van der Waals surface area (Å²) in [4.78, 5) is 4.97. The molecule has 1 saturated heterocycles. The van der Waals surface area contributed by atoms with Crippen molar-refractivity contribution in [3.05, 3.63) is 107 Å². The van der Waals surface area contributed by atoms with Crippen LogP contribution in [-0.4, -0.2) is 41.0 Å². The van der Waals surface area contributed by atoms with E-state index in [0.717, 1.165) is 32.2 Å². The molecule has 0 aromatic heterocycles. The Balaban J connectivity index is 1.39. The first-order valence-corrected chi connectivity index (χ1v) is 12.7. The lowest BCUT2D eigenvalue weighted by atomic mass is 9.78. The third-order valence-electron chi connectivity index (χ3n) is 7.96. The zero-order valence-corrected chi connectivity index (χ0v) is 19.7. The summed E-state index contributed by atoms with van der Waals surface area (Å²) in [6, 6.07) is 0.862. The SMILES string of the molecule is CN1C=CC=C(C2=CCCC(N3C4=CC=CCC4(NC4C=CCCC4)C4=CC=CCC43)=C2)C1. The summed E-state index contributed by atoms with van der Waals surface area (Å²) < 4.78 is 0. The monoisotopic (exact) mass is 437 g/mol. The summed E-state index contributed by atoms with van der Waals surface area (Å²) in [5.41, 5.74) is 7.21. The Morgan fingerprint density at radius 3 is 2.85 bits per heavy atom. The molecule has 0 radical (unpaired) electrons. The Morgan fingerprint density at radius 1 is 1.03 bits per heavy atom. The molecule has 4 aliphatic carbocycles. The van der Waals surface area contributed by atoms with Gasteiger partial charge in [0.2, 0.25) is 0 Å². The number of rotatable bonds is 4. The fourth-order valence-electron chi connectivity index (χ4n) is 6.45. The molecule has 0 bridgehead atoms. The molecule has 3 heteroatoms. The molecule has 3 nitrogen and oxygen atoms in total. The van der Waals surface area contributed by atoms with Gasteiger partial charge in [0.05, 0.1) is 11.6 Å². The summed E-state index contributed by atoms with van der Waals surface area (Å²) in [6.07, 6.45) is 38.4. The molecule has 6 aliphatic rings. The van der Waals surface area contributed by atoms with Crippen molar-refractivity contribution in [3.8, 4) is 0 Å². The third kappa shape index (κ3) is 3.63. The van der Waals surface area contributed by atoms with Gasteiger partial charge in [-0.1, -0.05) is 54.7 Å². The minimum Gasteiger partial charge on any atom is -0.376 e. The molecule has 0 spiro atoms. The van der Waals surface area contributed by atoms with Crippen LogP contribution in [0.25, 0.3) is 0 Å². The predicted octanol–water partition coefficient (Wildman–Crippen LogP) is 5.83. The molecule has 170 valence electrons. The fraction of sp³-hybridized carbons (Fsp3) is 0.400. The Kier molecular flexibility index (Phi) is 5.38. The molecule has 0 amide bonds. The Bertz CT molecular complexity index is 1090. The minimum atomic E-state index is -0.0915. The minimum absolute atomic E-state index is 0.0915. The number of allylic oxidation sites excluding steroid dienone is 10. The highest BCUT2D eigenvalue weighted by Gasteiger charge is 2.53. The number of nitrogens with zero attached hydrogens (tertiary/aromatic N) is 2. The van der Waals surface area contributed by atoms with Crippen LogP contribution in [0.15, 0.2) is 107 Å². The van der Waals surface area contributed by atoms with Gasteiger partial charge >= 0.3 is 0 Å². The average molecular weight is 438 g/mol. The molecule has 1 fully saturated rings. The zero-order chi connectivity index (χ0) is 22.3. The second kappa shape index (κ2) is 8.53. The van der Waals surface area contributed by atoms with Crippen molar-refractivity contribution >= 4 is 0 Å². The van der Waals surface area contributed by atoms with Gasteiger partial charge in [0.1, 0.15) is 0 Å². The van der Waals surface area contributed by atoms with Gasteiger partial charge in [-0.15, -0.1) is 0 Å². The van der Waals surface area contributed by atoms with Gasteiger partial charge in [-0.3, -0.25) is 5.32 Å². The molecule has 0 aromatic rings. The maximum absolute atomic E-state index is 4.16. The number of likely N-dealkylation sites (N-methyl/N-ethyl adjacent to an activating group) is 1. The summed E-state index contributed by atoms with van der Waals surface area (Å²) in [5, 5.41) is 4.16. The standard InChI is InChI=1S/C30H35N3/c1-32-20-10-12-24(22-32)23-11-9-15-26(21-23)33-28-17-6-5-16-27(28)30(19-8-7-18-29(30)33)31-25-13-3-2-4-14-25/h3,5-8,10-13,16,18,20-21,25,28,31H,2,4,9,14-15,17,19,22H2,1H3. The topological polar surface area (TPSA) is 18.5 Å². The van der Waals surface area contributed by atoms with Gasteiger partial charge in [0, 0.05) is 31.0 Å². The van der Waals surface area contributed by atoms with E-state index < -0.39 is 0 Å². The van der Waals surface area contributed by atoms with Crippen molar-refractivity contribution in [2.24, 2.45) is 0 Å². The molecule has 2 heterocycles. The van der Waals surface area contributed by atoms with E-state index in [0.29, 0.717) is 12.1 Å². The first-order valence-electron chi connectivity index (χ1n) is 12.7. The Hall–Kier alpha value is -2.78. The predicted molar refractivity (Wildman–Crippen MR) is 137 cm³/mol. The van der Waals surface area contributed by atoms with E-state index in [1.54, 1.807) is 5.57 Å². The van der Waals surface area contributed by atoms with E-state index >= 15 is 0 Å². The lowest BCUT2D eigenvalue weighted by Gasteiger charge is -2.39. The first kappa shape index (κ1) is 20.8. The largest absolute Gasteiger partial charge is 0.376 e. The van der Waals surface area contributed by atoms with Crippen LogP contribution in [-0.2, 0) is 0 Å². The van der Waals surface area contributed by atoms with E-state index in [1.165, 1.54) is 41.8 Å². The van der Waals surface area contributed by atoms with Crippen LogP contribution in [0.2, 0.25) is 0 Å². The van der Waals surface area contributed by atoms with Crippen LogP contribution in [0.1, 0.15) is 44.9 Å². The van der Waals surface area contributed by atoms with Crippen molar-refractivity contribution in [2.45, 2.75) is 62.6 Å². The Morgan fingerprint density at radius 2 is 1.97 bits per heavy atom. The molecule has 3 unspecified atom stereocenters. The smallest absolute Gasteiger partial charge is 0.0866 e. The molecular formula is C30H35N3. The van der Waals surface area contributed by atoms with Gasteiger partial charge in [-0.25, -0.2) is 0 Å². The maximum Gasteiger partial charge on any atom is 0.0866 e. The second-order valence-corrected chi connectivity index (χ2v) is 10.2. The summed E-state index contributed by atoms with van der Waals surface area (Å²) in [5.74, 6) is 0. The van der Waals surface area contributed by atoms with Crippen molar-refractivity contribution < 1.29 is 0 Å². The van der Waals surface area contributed by atoms with Crippen molar-refractivity contribution in [1.29, 1.82) is 0 Å². The van der Waals surface area contributed by atoms with Gasteiger partial charge in [-0.2, -0.15) is 0 Å². The number of fused-ring (bicyclic) bond motifs is 3. The van der Waals surface area contributed by atoms with E-state index in [9.17, 15) is 0 Å². The molecule has 0 saturated carbocycles. The van der Waals surface area contributed by atoms with Crippen molar-refractivity contribution in [1.82, 2.24) is 15.1 Å². The van der Waals surface area contributed by atoms with Crippen LogP contribution in [0.3, 0.4) is 0 Å². The van der Waals surface area contributed by atoms with E-state index in [4.69, 9.17) is 0 Å². The number of hydrogen-bond donors (Lipinski definition) is 1. The van der Waals surface area contributed by atoms with Crippen LogP contribution in [0.5, 0.6) is 0 Å². The average Bonchev–Trinajstić information content (AvgIpc) is 3.15. The van der Waals surface area contributed by atoms with E-state index in [-0.39, 0.29) is 5.54 Å². The van der Waals surface area contributed by atoms with Crippen molar-refractivity contribution in [2.75, 3.05) is 13.6 Å². The molecule has 2 aliphatic heterocycles. The normalized spacial score (nSPS) is 32.6. The molecule has 1 N–H and O–H groups in total. The first-order chi connectivity index (χ1) is 16.2. The molecule has 0 aromatic carbocycles. The summed E-state index contributed by atoms with van der Waals surface area (Å²) in [7, 11) is 2.16. The number of likely N-dealkylation sites (tertiary alicyclic amines) is 1. The van der Waals surface area contributed by atoms with Gasteiger partial charge in [0.25, 0.3) is 0 Å². The molecule has 33 heavy (non-hydrogen) atoms. The van der Waals surface area contributed by atoms with Crippen LogP contribution >= 0.6 is 0 Å². The lowest BCUT2D eigenvalue weighted by Crippen LogP contribution is -2.52. The van der Waals surface area contributed by atoms with Gasteiger partial charge < -0.3 is 9.80 Å². The fourth-order valence-corrected chi connectivity index (χ4v) is 6.45. The van der Waals surface area contributed by atoms with Gasteiger partial charge in [0.15, 0.2) is 0 Å². The van der Waals surface area contributed by atoms with Crippen LogP contribution in [0, 0.1) is 0 Å². The van der Waals surface area contributed by atoms with Crippen LogP contribution < -0.4 is 5.32 Å². The highest BCUT2D eigenvalue weighted by atomic mass is 15.3. The second-order valence-electron chi connectivity index (χ2n) is 10.2. The van der Waals surface area contributed by atoms with Crippen LogP contribution in [0.4, 0.5) is 0 Å². The summed E-state index contributed by atoms with van der Waals surface area (Å²) >= 11 is 0. The summed E-state index contributed by atoms with van der Waals surface area (Å²) in [6.45, 7) is 0.981. The number of nitrogens with one attached hydrogen (secondary N) is 1. The van der Waals surface area contributed by atoms with E-state index in [1.807, 2.05) is 0 Å². The van der Waals surface area contributed by atoms with E-state index in [2.05, 4.69) is 101 Å². The zero-order valence-electron chi connectivity index (χ0n) is 19.7. The Labute approximate surface area is 198 Å². The van der Waals surface area contributed by atoms with Gasteiger partial charge in [-0.05, 0) is 86.1 Å². The highest BCUT2D eigenvalue weighted by Crippen LogP contribution is 2.51.